The molecule has 2 aromatic heterocycles. The van der Waals surface area contributed by atoms with Gasteiger partial charge in [0.05, 0.1) is 11.4 Å². The minimum atomic E-state index is -4.75. The van der Waals surface area contributed by atoms with Crippen molar-refractivity contribution in [1.29, 1.82) is 0 Å². The highest BCUT2D eigenvalue weighted by Crippen LogP contribution is 2.26. The molecule has 46 heavy (non-hydrogen) atoms. The first-order valence-corrected chi connectivity index (χ1v) is 15.7. The topological polar surface area (TPSA) is 86.3 Å². The molecular weight excluding hydrogens is 613 g/mol. The van der Waals surface area contributed by atoms with Crippen molar-refractivity contribution in [1.82, 2.24) is 24.6 Å². The van der Waals surface area contributed by atoms with E-state index in [2.05, 4.69) is 68.7 Å². The Morgan fingerprint density at radius 1 is 1.02 bits per heavy atom. The van der Waals surface area contributed by atoms with Crippen molar-refractivity contribution < 1.29 is 22.7 Å². The Balaban J connectivity index is 1.19. The van der Waals surface area contributed by atoms with Gasteiger partial charge in [-0.15, -0.1) is 29.6 Å². The molecule has 0 bridgehead atoms. The summed E-state index contributed by atoms with van der Waals surface area (Å²) in [5.74, 6) is 0.499. The average Bonchev–Trinajstić information content (AvgIpc) is 3.63. The van der Waals surface area contributed by atoms with Gasteiger partial charge in [0, 0.05) is 22.7 Å². The van der Waals surface area contributed by atoms with Crippen LogP contribution in [0.4, 0.5) is 18.0 Å². The van der Waals surface area contributed by atoms with Crippen LogP contribution in [0.5, 0.6) is 5.75 Å². The lowest BCUT2D eigenvalue weighted by Crippen LogP contribution is -2.32. The van der Waals surface area contributed by atoms with E-state index in [-0.39, 0.29) is 17.8 Å². The fourth-order valence-corrected chi connectivity index (χ4v) is 5.89. The van der Waals surface area contributed by atoms with Gasteiger partial charge in [0.1, 0.15) is 12.1 Å². The molecule has 0 fully saturated rings. The van der Waals surface area contributed by atoms with Gasteiger partial charge in [0.15, 0.2) is 10.6 Å². The van der Waals surface area contributed by atoms with Crippen LogP contribution in [-0.4, -0.2) is 37.8 Å². The number of amides is 2. The van der Waals surface area contributed by atoms with Crippen LogP contribution in [0.15, 0.2) is 83.4 Å². The number of nitrogens with one attached hydrogen (secondary N) is 1. The Labute approximate surface area is 269 Å². The molecule has 1 unspecified atom stereocenters. The number of nitrogens with zero attached hydrogens (tertiary/aromatic N) is 5. The molecule has 8 nitrogen and oxygen atoms in total. The summed E-state index contributed by atoms with van der Waals surface area (Å²) < 4.78 is 44.7. The predicted molar refractivity (Wildman–Crippen MR) is 173 cm³/mol. The Bertz CT molecular complexity index is 1870. The second-order valence-electron chi connectivity index (χ2n) is 11.5. The van der Waals surface area contributed by atoms with E-state index in [0.717, 1.165) is 40.9 Å². The smallest absolute Gasteiger partial charge is 0.406 e. The Morgan fingerprint density at radius 3 is 2.41 bits per heavy atom. The molecule has 240 valence electrons. The van der Waals surface area contributed by atoms with Gasteiger partial charge < -0.3 is 10.1 Å². The number of carbonyl (C=O) groups excluding carboxylic acids is 1. The van der Waals surface area contributed by atoms with Gasteiger partial charge in [0.2, 0.25) is 0 Å². The summed E-state index contributed by atoms with van der Waals surface area (Å²) in [4.78, 5) is 22.3. The maximum atomic E-state index is 12.9. The fraction of sp³-hybridized carbons (Fsp3) is 0.294. The summed E-state index contributed by atoms with van der Waals surface area (Å²) in [6, 6.07) is 19.1. The predicted octanol–water partition coefficient (Wildman–Crippen LogP) is 8.06. The lowest BCUT2D eigenvalue weighted by molar-refractivity contribution is -0.274. The van der Waals surface area contributed by atoms with Gasteiger partial charge in [-0.25, -0.2) is 14.5 Å². The molecule has 0 spiro atoms. The lowest BCUT2D eigenvalue weighted by Gasteiger charge is -2.16. The second kappa shape index (κ2) is 13.7. The summed E-state index contributed by atoms with van der Waals surface area (Å²) >= 11 is 1.45. The summed E-state index contributed by atoms with van der Waals surface area (Å²) in [5, 5.41) is 9.47. The molecule has 0 aliphatic carbocycles. The van der Waals surface area contributed by atoms with Gasteiger partial charge in [0.25, 0.3) is 0 Å². The largest absolute Gasteiger partial charge is 0.573 e. The lowest BCUT2D eigenvalue weighted by atomic mass is 9.99. The molecule has 2 amide bonds. The van der Waals surface area contributed by atoms with Crippen LogP contribution < -0.4 is 14.9 Å². The van der Waals surface area contributed by atoms with Crippen LogP contribution in [0, 0.1) is 13.8 Å². The van der Waals surface area contributed by atoms with E-state index in [9.17, 15) is 18.0 Å². The number of alkyl halides is 3. The van der Waals surface area contributed by atoms with E-state index < -0.39 is 6.36 Å². The van der Waals surface area contributed by atoms with E-state index in [1.54, 1.807) is 0 Å². The number of aryl methyl sites for hydroxylation is 3. The number of urea groups is 1. The van der Waals surface area contributed by atoms with Crippen molar-refractivity contribution in [2.45, 2.75) is 65.8 Å². The summed E-state index contributed by atoms with van der Waals surface area (Å²) in [6.07, 6.45) is -1.78. The van der Waals surface area contributed by atoms with Crippen LogP contribution >= 0.6 is 11.3 Å². The highest BCUT2D eigenvalue weighted by molar-refractivity contribution is 7.07. The van der Waals surface area contributed by atoms with Crippen molar-refractivity contribution in [3.63, 3.8) is 0 Å². The van der Waals surface area contributed by atoms with E-state index in [1.165, 1.54) is 52.2 Å². The zero-order valence-electron chi connectivity index (χ0n) is 26.2. The highest BCUT2D eigenvalue weighted by atomic mass is 32.1. The summed E-state index contributed by atoms with van der Waals surface area (Å²) in [6.45, 7) is 10.4. The number of benzene rings is 3. The fourth-order valence-electron chi connectivity index (χ4n) is 5.03. The van der Waals surface area contributed by atoms with Crippen molar-refractivity contribution in [3.8, 4) is 28.5 Å². The summed E-state index contributed by atoms with van der Waals surface area (Å²) in [5.41, 5.74) is 6.86. The van der Waals surface area contributed by atoms with Crippen LogP contribution in [0.1, 0.15) is 55.5 Å². The zero-order valence-corrected chi connectivity index (χ0v) is 27.0. The number of thiazole rings is 1. The zero-order chi connectivity index (χ0) is 33.0. The molecule has 1 N–H and O–H groups in total. The standard InChI is InChI=1S/C34H35F3N6O2S/c1-21(2)29-17-6-22(3)18-30(29)43-24(5)19-46-33(43)40-32(44)39-23(4)7-8-25-9-11-26(12-10-25)31-38-20-42(41-31)27-13-15-28(16-14-27)45-34(35,36)37/h6,9-21,23H,7-8H2,1-5H3,(H,39,44). The molecule has 2 heterocycles. The van der Waals surface area contributed by atoms with E-state index >= 15 is 0 Å². The first-order valence-electron chi connectivity index (χ1n) is 14.9. The Morgan fingerprint density at radius 2 is 1.74 bits per heavy atom. The number of halogens is 3. The number of ether oxygens (including phenoxy) is 1. The van der Waals surface area contributed by atoms with E-state index in [4.69, 9.17) is 0 Å². The maximum Gasteiger partial charge on any atom is 0.573 e. The average molecular weight is 649 g/mol. The third-order valence-electron chi connectivity index (χ3n) is 7.40. The van der Waals surface area contributed by atoms with Crippen molar-refractivity contribution in [2.24, 2.45) is 4.99 Å². The van der Waals surface area contributed by atoms with Crippen LogP contribution in [0.2, 0.25) is 0 Å². The third kappa shape index (κ3) is 8.11. The maximum absolute atomic E-state index is 12.9. The quantitative estimate of drug-likeness (QED) is 0.175. The summed E-state index contributed by atoms with van der Waals surface area (Å²) in [7, 11) is 0. The van der Waals surface area contributed by atoms with Crippen molar-refractivity contribution >= 4 is 17.4 Å². The molecular formula is C34H35F3N6O2S. The molecule has 5 aromatic rings. The van der Waals surface area contributed by atoms with Gasteiger partial charge in [-0.3, -0.25) is 4.57 Å². The molecule has 0 radical (unpaired) electrons. The molecule has 0 saturated heterocycles. The Kier molecular flexibility index (Phi) is 9.76. The molecule has 0 saturated carbocycles. The highest BCUT2D eigenvalue weighted by Gasteiger charge is 2.31. The van der Waals surface area contributed by atoms with Crippen LogP contribution in [0.3, 0.4) is 0 Å². The van der Waals surface area contributed by atoms with Crippen LogP contribution in [-0.2, 0) is 6.42 Å². The number of carbonyl (C=O) groups is 1. The SMILES string of the molecule is Cc1ccc(C(C)C)c(-n2c(C)csc2=NC(=O)NC(C)CCc2ccc(-c3ncn(-c4ccc(OC(F)(F)F)cc4)n3)cc2)c1. The minimum absolute atomic E-state index is 0.0964. The van der Waals surface area contributed by atoms with Crippen molar-refractivity contribution in [2.75, 3.05) is 0 Å². The molecule has 12 heteroatoms. The number of hydrogen-bond donors (Lipinski definition) is 1. The third-order valence-corrected chi connectivity index (χ3v) is 8.34. The first-order chi connectivity index (χ1) is 21.9. The second-order valence-corrected chi connectivity index (χ2v) is 12.3. The number of aromatic nitrogens is 4. The number of hydrogen-bond acceptors (Lipinski definition) is 5. The van der Waals surface area contributed by atoms with Crippen LogP contribution in [0.25, 0.3) is 22.8 Å². The molecule has 5 rings (SSSR count). The molecule has 0 aliphatic heterocycles. The normalized spacial score (nSPS) is 12.8. The minimum Gasteiger partial charge on any atom is -0.406 e. The van der Waals surface area contributed by atoms with E-state index in [1.807, 2.05) is 43.5 Å². The molecule has 1 atom stereocenters. The Hall–Kier alpha value is -4.71. The molecule has 0 aliphatic rings. The van der Waals surface area contributed by atoms with Gasteiger partial charge >= 0.3 is 12.4 Å². The monoisotopic (exact) mass is 648 g/mol. The van der Waals surface area contributed by atoms with Crippen molar-refractivity contribution in [3.05, 3.63) is 106 Å². The van der Waals surface area contributed by atoms with Gasteiger partial charge in [-0.1, -0.05) is 50.2 Å². The van der Waals surface area contributed by atoms with Gasteiger partial charge in [-0.2, -0.15) is 4.99 Å². The van der Waals surface area contributed by atoms with Gasteiger partial charge in [-0.05, 0) is 86.6 Å². The first kappa shape index (κ1) is 32.7. The molecule has 3 aromatic carbocycles. The number of rotatable bonds is 9. The van der Waals surface area contributed by atoms with E-state index in [0.29, 0.717) is 22.2 Å².